The fraction of sp³-hybridized carbons (Fsp3) is 0.500. The highest BCUT2D eigenvalue weighted by Gasteiger charge is 2.12. The second-order valence-corrected chi connectivity index (χ2v) is 4.87. The highest BCUT2D eigenvalue weighted by atomic mass is 32.1. The van der Waals surface area contributed by atoms with E-state index >= 15 is 0 Å². The van der Waals surface area contributed by atoms with Crippen molar-refractivity contribution in [1.82, 2.24) is 0 Å². The second-order valence-electron chi connectivity index (χ2n) is 4.43. The van der Waals surface area contributed by atoms with Crippen molar-refractivity contribution in [2.45, 2.75) is 27.2 Å². The zero-order valence-corrected chi connectivity index (χ0v) is 11.8. The molecule has 1 aromatic rings. The minimum atomic E-state index is 0.475. The van der Waals surface area contributed by atoms with Gasteiger partial charge in [0.2, 0.25) is 0 Å². The van der Waals surface area contributed by atoms with Gasteiger partial charge >= 0.3 is 0 Å². The van der Waals surface area contributed by atoms with Crippen LogP contribution in [0, 0.1) is 5.92 Å². The molecule has 0 fully saturated rings. The van der Waals surface area contributed by atoms with Gasteiger partial charge in [0.1, 0.15) is 4.99 Å². The number of hydrogen-bond donors (Lipinski definition) is 1. The van der Waals surface area contributed by atoms with Crippen LogP contribution >= 0.6 is 12.2 Å². The minimum absolute atomic E-state index is 0.475. The first kappa shape index (κ1) is 14.0. The van der Waals surface area contributed by atoms with Crippen molar-refractivity contribution in [3.8, 4) is 0 Å². The van der Waals surface area contributed by atoms with Gasteiger partial charge in [-0.25, -0.2) is 0 Å². The zero-order valence-electron chi connectivity index (χ0n) is 10.9. The van der Waals surface area contributed by atoms with Gasteiger partial charge in [-0.2, -0.15) is 0 Å². The Labute approximate surface area is 110 Å². The number of nitrogens with two attached hydrogens (primary N) is 1. The number of benzene rings is 1. The Balaban J connectivity index is 2.99. The van der Waals surface area contributed by atoms with E-state index in [1.54, 1.807) is 0 Å². The van der Waals surface area contributed by atoms with Gasteiger partial charge < -0.3 is 10.6 Å². The van der Waals surface area contributed by atoms with Crippen LogP contribution in [0.5, 0.6) is 0 Å². The van der Waals surface area contributed by atoms with Crippen LogP contribution in [0.4, 0.5) is 5.69 Å². The molecule has 0 saturated heterocycles. The van der Waals surface area contributed by atoms with Gasteiger partial charge in [0.15, 0.2) is 0 Å². The third-order valence-electron chi connectivity index (χ3n) is 3.12. The van der Waals surface area contributed by atoms with Crippen LogP contribution in [0.15, 0.2) is 24.3 Å². The molecule has 0 aliphatic heterocycles. The lowest BCUT2D eigenvalue weighted by molar-refractivity contribution is 0.548. The van der Waals surface area contributed by atoms with Crippen LogP contribution in [0.3, 0.4) is 0 Å². The molecular weight excluding hydrogens is 228 g/mol. The van der Waals surface area contributed by atoms with E-state index in [-0.39, 0.29) is 0 Å². The van der Waals surface area contributed by atoms with E-state index in [1.165, 1.54) is 6.42 Å². The van der Waals surface area contributed by atoms with Crippen molar-refractivity contribution < 1.29 is 0 Å². The molecule has 0 heterocycles. The smallest absolute Gasteiger partial charge is 0.106 e. The van der Waals surface area contributed by atoms with Crippen LogP contribution in [-0.4, -0.2) is 18.1 Å². The normalized spacial score (nSPS) is 12.2. The van der Waals surface area contributed by atoms with Gasteiger partial charge in [-0.1, -0.05) is 44.6 Å². The van der Waals surface area contributed by atoms with Gasteiger partial charge in [0, 0.05) is 24.3 Å². The van der Waals surface area contributed by atoms with E-state index in [0.29, 0.717) is 10.9 Å². The summed E-state index contributed by atoms with van der Waals surface area (Å²) in [7, 11) is 0. The van der Waals surface area contributed by atoms with Crippen LogP contribution in [0.25, 0.3) is 0 Å². The standard InChI is InChI=1S/C14H22N2S/c1-4-11(3)10-16(5-2)13-9-7-6-8-12(13)14(15)17/h6-9,11H,4-5,10H2,1-3H3,(H2,15,17). The van der Waals surface area contributed by atoms with Crippen LogP contribution < -0.4 is 10.6 Å². The number of anilines is 1. The first-order chi connectivity index (χ1) is 8.10. The van der Waals surface area contributed by atoms with Gasteiger partial charge in [-0.3, -0.25) is 0 Å². The molecule has 94 valence electrons. The number of hydrogen-bond acceptors (Lipinski definition) is 2. The van der Waals surface area contributed by atoms with E-state index in [0.717, 1.165) is 24.3 Å². The van der Waals surface area contributed by atoms with Crippen molar-refractivity contribution in [2.24, 2.45) is 11.7 Å². The third kappa shape index (κ3) is 3.70. The molecule has 1 rings (SSSR count). The fourth-order valence-electron chi connectivity index (χ4n) is 1.86. The summed E-state index contributed by atoms with van der Waals surface area (Å²) in [6.07, 6.45) is 1.19. The van der Waals surface area contributed by atoms with E-state index in [1.807, 2.05) is 18.2 Å². The highest BCUT2D eigenvalue weighted by molar-refractivity contribution is 7.80. The summed E-state index contributed by atoms with van der Waals surface area (Å²) in [6.45, 7) is 8.68. The van der Waals surface area contributed by atoms with Gasteiger partial charge in [-0.15, -0.1) is 0 Å². The zero-order chi connectivity index (χ0) is 12.8. The summed E-state index contributed by atoms with van der Waals surface area (Å²) in [5, 5.41) is 0. The summed E-state index contributed by atoms with van der Waals surface area (Å²) in [5.41, 5.74) is 7.91. The molecule has 2 N–H and O–H groups in total. The number of thiocarbonyl (C=S) groups is 1. The van der Waals surface area contributed by atoms with Gasteiger partial charge in [0.25, 0.3) is 0 Å². The molecule has 0 bridgehead atoms. The van der Waals surface area contributed by atoms with Crippen molar-refractivity contribution >= 4 is 22.9 Å². The Morgan fingerprint density at radius 1 is 1.35 bits per heavy atom. The van der Waals surface area contributed by atoms with Crippen LogP contribution in [-0.2, 0) is 0 Å². The molecule has 1 unspecified atom stereocenters. The Morgan fingerprint density at radius 2 is 2.00 bits per heavy atom. The largest absolute Gasteiger partial charge is 0.389 e. The van der Waals surface area contributed by atoms with Crippen molar-refractivity contribution in [3.63, 3.8) is 0 Å². The predicted molar refractivity (Wildman–Crippen MR) is 79.7 cm³/mol. The topological polar surface area (TPSA) is 29.3 Å². The maximum Gasteiger partial charge on any atom is 0.106 e. The summed E-state index contributed by atoms with van der Waals surface area (Å²) in [6, 6.07) is 8.11. The Hall–Kier alpha value is -1.09. The maximum atomic E-state index is 5.78. The molecule has 0 aromatic heterocycles. The monoisotopic (exact) mass is 250 g/mol. The fourth-order valence-corrected chi connectivity index (χ4v) is 2.03. The molecule has 3 heteroatoms. The van der Waals surface area contributed by atoms with E-state index in [9.17, 15) is 0 Å². The van der Waals surface area contributed by atoms with Crippen LogP contribution in [0.1, 0.15) is 32.8 Å². The molecule has 0 saturated carbocycles. The molecule has 0 aliphatic carbocycles. The second kappa shape index (κ2) is 6.60. The molecule has 0 spiro atoms. The summed E-state index contributed by atoms with van der Waals surface area (Å²) < 4.78 is 0. The molecule has 0 radical (unpaired) electrons. The molecule has 17 heavy (non-hydrogen) atoms. The van der Waals surface area contributed by atoms with Gasteiger partial charge in [0.05, 0.1) is 0 Å². The van der Waals surface area contributed by atoms with E-state index in [4.69, 9.17) is 18.0 Å². The van der Waals surface area contributed by atoms with Gasteiger partial charge in [-0.05, 0) is 25.0 Å². The minimum Gasteiger partial charge on any atom is -0.389 e. The first-order valence-electron chi connectivity index (χ1n) is 6.23. The molecule has 1 atom stereocenters. The number of para-hydroxylation sites is 1. The lowest BCUT2D eigenvalue weighted by atomic mass is 10.1. The van der Waals surface area contributed by atoms with Crippen LogP contribution in [0.2, 0.25) is 0 Å². The molecule has 1 aromatic carbocycles. The lowest BCUT2D eigenvalue weighted by Gasteiger charge is -2.28. The lowest BCUT2D eigenvalue weighted by Crippen LogP contribution is -2.30. The summed E-state index contributed by atoms with van der Waals surface area (Å²) in [5.74, 6) is 0.675. The predicted octanol–water partition coefficient (Wildman–Crippen LogP) is 3.19. The average molecular weight is 250 g/mol. The summed E-state index contributed by atoms with van der Waals surface area (Å²) in [4.78, 5) is 2.83. The third-order valence-corrected chi connectivity index (χ3v) is 3.34. The Morgan fingerprint density at radius 3 is 2.53 bits per heavy atom. The Kier molecular flexibility index (Phi) is 5.42. The molecular formula is C14H22N2S. The maximum absolute atomic E-state index is 5.78. The Bertz CT molecular complexity index is 376. The molecule has 0 aliphatic rings. The number of nitrogens with zero attached hydrogens (tertiary/aromatic N) is 1. The molecule has 0 amide bonds. The summed E-state index contributed by atoms with van der Waals surface area (Å²) >= 11 is 5.11. The van der Waals surface area contributed by atoms with Crippen molar-refractivity contribution in [2.75, 3.05) is 18.0 Å². The van der Waals surface area contributed by atoms with Crippen molar-refractivity contribution in [3.05, 3.63) is 29.8 Å². The SMILES string of the molecule is CCC(C)CN(CC)c1ccccc1C(N)=S. The number of rotatable bonds is 6. The van der Waals surface area contributed by atoms with E-state index < -0.39 is 0 Å². The average Bonchev–Trinajstić information content (AvgIpc) is 2.35. The first-order valence-corrected chi connectivity index (χ1v) is 6.64. The highest BCUT2D eigenvalue weighted by Crippen LogP contribution is 2.21. The van der Waals surface area contributed by atoms with Crippen molar-refractivity contribution in [1.29, 1.82) is 0 Å². The quantitative estimate of drug-likeness (QED) is 0.786. The van der Waals surface area contributed by atoms with E-state index in [2.05, 4.69) is 31.7 Å². The molecule has 2 nitrogen and oxygen atoms in total.